The number of carbonyl (C=O) groups is 1. The summed E-state index contributed by atoms with van der Waals surface area (Å²) in [6.45, 7) is 0.489. The minimum atomic E-state index is -0.0716. The number of carbonyl (C=O) groups excluding carboxylic acids is 1. The number of fused-ring (bicyclic) bond motifs is 1. The summed E-state index contributed by atoms with van der Waals surface area (Å²) in [7, 11) is 1.99. The van der Waals surface area contributed by atoms with E-state index in [4.69, 9.17) is 0 Å². The van der Waals surface area contributed by atoms with Crippen LogP contribution in [0.2, 0.25) is 0 Å². The van der Waals surface area contributed by atoms with Crippen LogP contribution in [0.25, 0.3) is 0 Å². The van der Waals surface area contributed by atoms with Crippen LogP contribution in [0.1, 0.15) is 40.2 Å². The Morgan fingerprint density at radius 3 is 2.90 bits per heavy atom. The van der Waals surface area contributed by atoms with Gasteiger partial charge in [-0.15, -0.1) is 0 Å². The Balaban J connectivity index is 1.74. The van der Waals surface area contributed by atoms with Crippen molar-refractivity contribution in [2.75, 3.05) is 0 Å². The van der Waals surface area contributed by atoms with Gasteiger partial charge in [0.2, 0.25) is 0 Å². The van der Waals surface area contributed by atoms with Crippen LogP contribution in [-0.2, 0) is 26.4 Å². The molecule has 0 spiro atoms. The van der Waals surface area contributed by atoms with Crippen LogP contribution in [0.4, 0.5) is 0 Å². The Bertz CT molecular complexity index is 678. The van der Waals surface area contributed by atoms with E-state index in [-0.39, 0.29) is 5.91 Å². The predicted molar refractivity (Wildman–Crippen MR) is 85.2 cm³/mol. The highest BCUT2D eigenvalue weighted by Crippen LogP contribution is 2.24. The fourth-order valence-corrected chi connectivity index (χ4v) is 3.37. The number of rotatable bonds is 3. The lowest BCUT2D eigenvalue weighted by molar-refractivity contribution is 0.0949. The van der Waals surface area contributed by atoms with Crippen LogP contribution in [-0.4, -0.2) is 15.7 Å². The molecule has 0 saturated carbocycles. The predicted octanol–water partition coefficient (Wildman–Crippen LogP) is 2.99. The molecule has 1 aromatic carbocycles. The van der Waals surface area contributed by atoms with E-state index in [1.807, 2.05) is 36.0 Å². The van der Waals surface area contributed by atoms with Gasteiger partial charge >= 0.3 is 0 Å². The molecule has 3 rings (SSSR count). The normalized spacial score (nSPS) is 13.8. The molecule has 21 heavy (non-hydrogen) atoms. The molecular weight excluding hydrogens is 330 g/mol. The summed E-state index contributed by atoms with van der Waals surface area (Å²) in [6, 6.07) is 7.45. The first-order valence-corrected chi connectivity index (χ1v) is 8.02. The highest BCUT2D eigenvalue weighted by molar-refractivity contribution is 9.10. The summed E-state index contributed by atoms with van der Waals surface area (Å²) in [5.74, 6) is -0.0716. The molecule has 110 valence electrons. The third-order valence-corrected chi connectivity index (χ3v) is 4.67. The van der Waals surface area contributed by atoms with E-state index in [0.29, 0.717) is 12.1 Å². The zero-order valence-corrected chi connectivity index (χ0v) is 13.6. The van der Waals surface area contributed by atoms with Gasteiger partial charge < -0.3 is 5.32 Å². The number of aryl methyl sites for hydroxylation is 1. The van der Waals surface area contributed by atoms with E-state index in [1.165, 1.54) is 24.1 Å². The Labute approximate surface area is 132 Å². The number of hydrogen-bond acceptors (Lipinski definition) is 2. The number of aromatic nitrogens is 2. The van der Waals surface area contributed by atoms with Gasteiger partial charge in [-0.05, 0) is 59.3 Å². The minimum absolute atomic E-state index is 0.0716. The average molecular weight is 348 g/mol. The van der Waals surface area contributed by atoms with Crippen LogP contribution >= 0.6 is 15.9 Å². The summed E-state index contributed by atoms with van der Waals surface area (Å²) in [5, 5.41) is 7.55. The molecular formula is C16H18BrN3O. The molecule has 1 aromatic heterocycles. The first-order chi connectivity index (χ1) is 10.2. The van der Waals surface area contributed by atoms with Crippen molar-refractivity contribution in [3.8, 4) is 0 Å². The van der Waals surface area contributed by atoms with Gasteiger partial charge in [0, 0.05) is 17.2 Å². The van der Waals surface area contributed by atoms with E-state index in [9.17, 15) is 4.79 Å². The number of amides is 1. The zero-order chi connectivity index (χ0) is 14.8. The number of hydrogen-bond donors (Lipinski definition) is 1. The second kappa shape index (κ2) is 6.02. The van der Waals surface area contributed by atoms with E-state index < -0.39 is 0 Å². The van der Waals surface area contributed by atoms with Crippen LogP contribution in [0, 0.1) is 0 Å². The summed E-state index contributed by atoms with van der Waals surface area (Å²) in [6.07, 6.45) is 4.61. The van der Waals surface area contributed by atoms with E-state index in [1.54, 1.807) is 0 Å². The van der Waals surface area contributed by atoms with Gasteiger partial charge in [0.25, 0.3) is 5.91 Å². The van der Waals surface area contributed by atoms with Crippen LogP contribution in [0.3, 0.4) is 0 Å². The molecule has 0 radical (unpaired) electrons. The van der Waals surface area contributed by atoms with Gasteiger partial charge in [-0.1, -0.05) is 12.1 Å². The molecule has 1 heterocycles. The molecule has 0 atom stereocenters. The molecule has 1 aliphatic carbocycles. The second-order valence-corrected chi connectivity index (χ2v) is 6.22. The van der Waals surface area contributed by atoms with E-state index in [0.717, 1.165) is 23.0 Å². The molecule has 4 nitrogen and oxygen atoms in total. The first-order valence-electron chi connectivity index (χ1n) is 7.23. The van der Waals surface area contributed by atoms with Crippen molar-refractivity contribution >= 4 is 21.8 Å². The second-order valence-electron chi connectivity index (χ2n) is 5.37. The molecule has 1 aliphatic rings. The van der Waals surface area contributed by atoms with Crippen molar-refractivity contribution in [2.24, 2.45) is 7.05 Å². The van der Waals surface area contributed by atoms with Crippen LogP contribution in [0.15, 0.2) is 28.7 Å². The molecule has 0 aliphatic heterocycles. The molecule has 5 heteroatoms. The summed E-state index contributed by atoms with van der Waals surface area (Å²) in [4.78, 5) is 12.2. The third kappa shape index (κ3) is 2.88. The monoisotopic (exact) mass is 347 g/mol. The van der Waals surface area contributed by atoms with Crippen molar-refractivity contribution in [2.45, 2.75) is 32.2 Å². The maximum Gasteiger partial charge on any atom is 0.252 e. The van der Waals surface area contributed by atoms with Gasteiger partial charge in [0.1, 0.15) is 0 Å². The maximum atomic E-state index is 12.2. The fraction of sp³-hybridized carbons (Fsp3) is 0.375. The Kier molecular flexibility index (Phi) is 4.10. The zero-order valence-electron chi connectivity index (χ0n) is 12.0. The van der Waals surface area contributed by atoms with Gasteiger partial charge in [-0.25, -0.2) is 0 Å². The van der Waals surface area contributed by atoms with E-state index in [2.05, 4.69) is 26.3 Å². The van der Waals surface area contributed by atoms with E-state index >= 15 is 0 Å². The molecule has 0 bridgehead atoms. The molecule has 0 unspecified atom stereocenters. The smallest absolute Gasteiger partial charge is 0.252 e. The maximum absolute atomic E-state index is 12.2. The number of nitrogens with zero attached hydrogens (tertiary/aromatic N) is 2. The fourth-order valence-electron chi connectivity index (χ4n) is 2.91. The molecule has 1 N–H and O–H groups in total. The third-order valence-electron chi connectivity index (χ3n) is 3.98. The summed E-state index contributed by atoms with van der Waals surface area (Å²) >= 11 is 3.41. The Morgan fingerprint density at radius 1 is 1.33 bits per heavy atom. The number of halogens is 1. The van der Waals surface area contributed by atoms with Crippen LogP contribution in [0.5, 0.6) is 0 Å². The first kappa shape index (κ1) is 14.3. The van der Waals surface area contributed by atoms with Gasteiger partial charge in [-0.3, -0.25) is 9.48 Å². The molecule has 0 saturated heterocycles. The quantitative estimate of drug-likeness (QED) is 0.927. The van der Waals surface area contributed by atoms with Crippen molar-refractivity contribution < 1.29 is 4.79 Å². The SMILES string of the molecule is Cn1nc(CNC(=O)c2ccccc2Br)c2c1CCCC2. The van der Waals surface area contributed by atoms with Gasteiger partial charge in [-0.2, -0.15) is 5.10 Å². The average Bonchev–Trinajstić information content (AvgIpc) is 2.82. The number of nitrogens with one attached hydrogen (secondary N) is 1. The Morgan fingerprint density at radius 2 is 2.10 bits per heavy atom. The molecule has 2 aromatic rings. The topological polar surface area (TPSA) is 46.9 Å². The standard InChI is InChI=1S/C16H18BrN3O/c1-20-15-9-5-3-7-12(15)14(19-20)10-18-16(21)11-6-2-4-8-13(11)17/h2,4,6,8H,3,5,7,9-10H2,1H3,(H,18,21). The van der Waals surface area contributed by atoms with Crippen molar-refractivity contribution in [3.63, 3.8) is 0 Å². The lowest BCUT2D eigenvalue weighted by atomic mass is 9.96. The molecule has 1 amide bonds. The lowest BCUT2D eigenvalue weighted by Crippen LogP contribution is -2.24. The Hall–Kier alpha value is -1.62. The molecule has 0 fully saturated rings. The summed E-state index contributed by atoms with van der Waals surface area (Å²) < 4.78 is 2.78. The highest BCUT2D eigenvalue weighted by Gasteiger charge is 2.19. The largest absolute Gasteiger partial charge is 0.346 e. The van der Waals surface area contributed by atoms with Gasteiger partial charge in [0.15, 0.2) is 0 Å². The highest BCUT2D eigenvalue weighted by atomic mass is 79.9. The minimum Gasteiger partial charge on any atom is -0.346 e. The lowest BCUT2D eigenvalue weighted by Gasteiger charge is -2.13. The number of benzene rings is 1. The van der Waals surface area contributed by atoms with Gasteiger partial charge in [0.05, 0.1) is 17.8 Å². The van der Waals surface area contributed by atoms with Crippen molar-refractivity contribution in [1.29, 1.82) is 0 Å². The summed E-state index contributed by atoms with van der Waals surface area (Å²) in [5.41, 5.74) is 4.32. The van der Waals surface area contributed by atoms with Crippen molar-refractivity contribution in [1.82, 2.24) is 15.1 Å². The van der Waals surface area contributed by atoms with Crippen LogP contribution < -0.4 is 5.32 Å². The van der Waals surface area contributed by atoms with Crippen molar-refractivity contribution in [3.05, 3.63) is 51.3 Å².